The fraction of sp³-hybridized carbons (Fsp3) is 0.474. The Bertz CT molecular complexity index is 603. The Morgan fingerprint density at radius 3 is 2.26 bits per heavy atom. The first-order valence-electron chi connectivity index (χ1n) is 8.14. The van der Waals surface area contributed by atoms with E-state index in [9.17, 15) is 10.1 Å². The maximum atomic E-state index is 10.6. The molecule has 0 aliphatic rings. The van der Waals surface area contributed by atoms with Crippen LogP contribution in [0.25, 0.3) is 0 Å². The zero-order chi connectivity index (χ0) is 17.2. The lowest BCUT2D eigenvalue weighted by Crippen LogP contribution is -1.85. The molecule has 0 aliphatic carbocycles. The molecule has 0 atom stereocenters. The van der Waals surface area contributed by atoms with E-state index in [2.05, 4.69) is 50.9 Å². The molecule has 1 N–H and O–H groups in total. The third kappa shape index (κ3) is 8.19. The number of nitro groups is 1. The minimum Gasteiger partial charge on any atom is -0.358 e. The van der Waals surface area contributed by atoms with Gasteiger partial charge in [0.05, 0.1) is 6.20 Å². The summed E-state index contributed by atoms with van der Waals surface area (Å²) in [6.07, 6.45) is 13.5. The van der Waals surface area contributed by atoms with Gasteiger partial charge in [-0.25, -0.2) is 4.98 Å². The summed E-state index contributed by atoms with van der Waals surface area (Å²) in [5.41, 5.74) is 5.09. The number of hydrogen-bond acceptors (Lipinski definition) is 2. The highest BCUT2D eigenvalue weighted by Crippen LogP contribution is 2.15. The highest BCUT2D eigenvalue weighted by atomic mass is 16.6. The van der Waals surface area contributed by atoms with Crippen LogP contribution in [0.2, 0.25) is 0 Å². The monoisotopic (exact) mass is 316 g/mol. The SMILES string of the molecule is CC(C)=CCC/C(C)=C\CC/C(C)=C\Cc1c[nH]c([N+](=O)[O-])c1. The number of nitrogens with one attached hydrogen (secondary N) is 1. The average Bonchev–Trinajstić information content (AvgIpc) is 2.94. The van der Waals surface area contributed by atoms with Crippen LogP contribution in [0.3, 0.4) is 0 Å². The van der Waals surface area contributed by atoms with Crippen LogP contribution in [-0.4, -0.2) is 9.91 Å². The van der Waals surface area contributed by atoms with E-state index in [1.165, 1.54) is 16.7 Å². The maximum Gasteiger partial charge on any atom is 0.321 e. The lowest BCUT2D eigenvalue weighted by molar-refractivity contribution is -0.389. The van der Waals surface area contributed by atoms with Gasteiger partial charge in [-0.1, -0.05) is 34.9 Å². The molecular formula is C19H28N2O2. The second-order valence-corrected chi connectivity index (χ2v) is 6.31. The molecule has 126 valence electrons. The van der Waals surface area contributed by atoms with Gasteiger partial charge < -0.3 is 10.1 Å². The van der Waals surface area contributed by atoms with Crippen molar-refractivity contribution in [2.45, 2.75) is 59.8 Å². The van der Waals surface area contributed by atoms with Gasteiger partial charge in [0.25, 0.3) is 0 Å². The Morgan fingerprint density at radius 2 is 1.70 bits per heavy atom. The summed E-state index contributed by atoms with van der Waals surface area (Å²) in [4.78, 5) is 12.9. The Hall–Kier alpha value is -2.10. The van der Waals surface area contributed by atoms with Crippen molar-refractivity contribution < 1.29 is 4.92 Å². The predicted octanol–water partition coefficient (Wildman–Crippen LogP) is 5.88. The molecule has 0 radical (unpaired) electrons. The molecule has 1 aromatic rings. The largest absolute Gasteiger partial charge is 0.358 e. The van der Waals surface area contributed by atoms with Crippen molar-refractivity contribution >= 4 is 5.82 Å². The van der Waals surface area contributed by atoms with Gasteiger partial charge in [0, 0.05) is 11.6 Å². The first-order chi connectivity index (χ1) is 10.9. The van der Waals surface area contributed by atoms with Crippen molar-refractivity contribution in [2.75, 3.05) is 0 Å². The second kappa shape index (κ2) is 9.82. The average molecular weight is 316 g/mol. The lowest BCUT2D eigenvalue weighted by atomic mass is 10.1. The number of nitrogens with zero attached hydrogens (tertiary/aromatic N) is 1. The van der Waals surface area contributed by atoms with Crippen LogP contribution in [0.1, 0.15) is 58.9 Å². The number of hydrogen-bond donors (Lipinski definition) is 1. The molecule has 0 amide bonds. The minimum absolute atomic E-state index is 0.0565. The van der Waals surface area contributed by atoms with Gasteiger partial charge in [0.15, 0.2) is 0 Å². The number of rotatable bonds is 9. The third-order valence-electron chi connectivity index (χ3n) is 3.73. The van der Waals surface area contributed by atoms with Crippen LogP contribution in [-0.2, 0) is 6.42 Å². The topological polar surface area (TPSA) is 58.9 Å². The van der Waals surface area contributed by atoms with Gasteiger partial charge in [0.2, 0.25) is 0 Å². The highest BCUT2D eigenvalue weighted by Gasteiger charge is 2.06. The lowest BCUT2D eigenvalue weighted by Gasteiger charge is -2.01. The number of allylic oxidation sites excluding steroid dienone is 6. The Kier molecular flexibility index (Phi) is 8.09. The van der Waals surface area contributed by atoms with Crippen LogP contribution < -0.4 is 0 Å². The molecule has 0 saturated heterocycles. The van der Waals surface area contributed by atoms with Crippen LogP contribution in [0.5, 0.6) is 0 Å². The van der Waals surface area contributed by atoms with Crippen LogP contribution in [0.15, 0.2) is 47.2 Å². The molecular weight excluding hydrogens is 288 g/mol. The standard InChI is InChI=1S/C19H28N2O2/c1-15(2)7-5-8-16(3)9-6-10-17(4)11-12-18-13-19(20-14-18)21(22)23/h7,9,11,13-14,20H,5-6,8,10,12H2,1-4H3/b16-9-,17-11-. The van der Waals surface area contributed by atoms with E-state index in [-0.39, 0.29) is 5.82 Å². The van der Waals surface area contributed by atoms with E-state index in [0.717, 1.165) is 37.7 Å². The van der Waals surface area contributed by atoms with E-state index in [1.807, 2.05) is 0 Å². The summed E-state index contributed by atoms with van der Waals surface area (Å²) in [5.74, 6) is 0.0565. The smallest absolute Gasteiger partial charge is 0.321 e. The second-order valence-electron chi connectivity index (χ2n) is 6.31. The van der Waals surface area contributed by atoms with Crippen molar-refractivity contribution in [3.05, 3.63) is 62.9 Å². The zero-order valence-corrected chi connectivity index (χ0v) is 14.7. The van der Waals surface area contributed by atoms with E-state index in [4.69, 9.17) is 0 Å². The van der Waals surface area contributed by atoms with E-state index in [1.54, 1.807) is 12.3 Å². The van der Waals surface area contributed by atoms with Gasteiger partial charge in [0.1, 0.15) is 0 Å². The molecule has 0 unspecified atom stereocenters. The van der Waals surface area contributed by atoms with Crippen LogP contribution >= 0.6 is 0 Å². The molecule has 1 rings (SSSR count). The van der Waals surface area contributed by atoms with Crippen LogP contribution in [0.4, 0.5) is 5.82 Å². The summed E-state index contributed by atoms with van der Waals surface area (Å²) in [6.45, 7) is 8.57. The molecule has 4 heteroatoms. The van der Waals surface area contributed by atoms with Gasteiger partial charge in [-0.15, -0.1) is 0 Å². The van der Waals surface area contributed by atoms with Crippen molar-refractivity contribution in [3.8, 4) is 0 Å². The summed E-state index contributed by atoms with van der Waals surface area (Å²) in [7, 11) is 0. The van der Waals surface area contributed by atoms with Gasteiger partial charge in [-0.2, -0.15) is 0 Å². The fourth-order valence-electron chi connectivity index (χ4n) is 2.28. The molecule has 0 aromatic carbocycles. The molecule has 4 nitrogen and oxygen atoms in total. The molecule has 0 spiro atoms. The first kappa shape index (κ1) is 18.9. The number of aromatic nitrogens is 1. The highest BCUT2D eigenvalue weighted by molar-refractivity contribution is 5.28. The van der Waals surface area contributed by atoms with Crippen molar-refractivity contribution in [3.63, 3.8) is 0 Å². The molecule has 0 aliphatic heterocycles. The molecule has 1 aromatic heterocycles. The van der Waals surface area contributed by atoms with Gasteiger partial charge in [-0.3, -0.25) is 0 Å². The predicted molar refractivity (Wildman–Crippen MR) is 96.6 cm³/mol. The fourth-order valence-corrected chi connectivity index (χ4v) is 2.28. The van der Waals surface area contributed by atoms with Crippen molar-refractivity contribution in [1.82, 2.24) is 4.98 Å². The van der Waals surface area contributed by atoms with Gasteiger partial charge >= 0.3 is 5.82 Å². The zero-order valence-electron chi connectivity index (χ0n) is 14.7. The van der Waals surface area contributed by atoms with Crippen molar-refractivity contribution in [2.24, 2.45) is 0 Å². The van der Waals surface area contributed by atoms with E-state index < -0.39 is 4.92 Å². The van der Waals surface area contributed by atoms with Crippen molar-refractivity contribution in [1.29, 1.82) is 0 Å². The molecule has 0 bridgehead atoms. The van der Waals surface area contributed by atoms with E-state index in [0.29, 0.717) is 0 Å². The third-order valence-corrected chi connectivity index (χ3v) is 3.73. The quantitative estimate of drug-likeness (QED) is 0.351. The summed E-state index contributed by atoms with van der Waals surface area (Å²) in [6, 6.07) is 1.59. The summed E-state index contributed by atoms with van der Waals surface area (Å²) >= 11 is 0. The summed E-state index contributed by atoms with van der Waals surface area (Å²) < 4.78 is 0. The normalized spacial score (nSPS) is 12.3. The molecule has 0 saturated carbocycles. The Labute approximate surface area is 139 Å². The minimum atomic E-state index is -0.400. The number of aromatic amines is 1. The number of H-pyrrole nitrogens is 1. The Balaban J connectivity index is 2.35. The van der Waals surface area contributed by atoms with Gasteiger partial charge in [-0.05, 0) is 64.7 Å². The molecule has 0 fully saturated rings. The molecule has 23 heavy (non-hydrogen) atoms. The van der Waals surface area contributed by atoms with E-state index >= 15 is 0 Å². The Morgan fingerprint density at radius 1 is 1.09 bits per heavy atom. The van der Waals surface area contributed by atoms with Crippen LogP contribution in [0, 0.1) is 10.1 Å². The molecule has 1 heterocycles. The maximum absolute atomic E-state index is 10.6. The first-order valence-corrected chi connectivity index (χ1v) is 8.14. The summed E-state index contributed by atoms with van der Waals surface area (Å²) in [5, 5.41) is 10.6.